The maximum absolute atomic E-state index is 12.7. The van der Waals surface area contributed by atoms with Gasteiger partial charge in [0.1, 0.15) is 0 Å². The van der Waals surface area contributed by atoms with Gasteiger partial charge in [-0.2, -0.15) is 4.98 Å². The monoisotopic (exact) mass is 373 g/mol. The highest BCUT2D eigenvalue weighted by molar-refractivity contribution is 5.97. The van der Waals surface area contributed by atoms with Crippen LogP contribution in [0, 0.1) is 6.92 Å². The van der Waals surface area contributed by atoms with Gasteiger partial charge in [0, 0.05) is 39.1 Å². The van der Waals surface area contributed by atoms with Crippen molar-refractivity contribution < 1.29 is 14.1 Å². The van der Waals surface area contributed by atoms with Crippen LogP contribution in [0.4, 0.5) is 0 Å². The molecule has 3 rings (SSSR count). The van der Waals surface area contributed by atoms with E-state index in [4.69, 9.17) is 9.26 Å². The van der Waals surface area contributed by atoms with Crippen LogP contribution in [0.3, 0.4) is 0 Å². The molecule has 0 fully saturated rings. The zero-order valence-corrected chi connectivity index (χ0v) is 15.7. The average molecular weight is 373 g/mol. The third-order valence-corrected chi connectivity index (χ3v) is 4.27. The first kappa shape index (κ1) is 18.8. The number of amides is 1. The number of H-pyrrole nitrogens is 1. The molecule has 3 aromatic rings. The highest BCUT2D eigenvalue weighted by atomic mass is 16.5. The molecule has 9 nitrogen and oxygen atoms in total. The van der Waals surface area contributed by atoms with E-state index in [0.29, 0.717) is 55.5 Å². The molecule has 1 aromatic carbocycles. The third kappa shape index (κ3) is 4.25. The molecule has 0 aliphatic carbocycles. The molecule has 0 bridgehead atoms. The summed E-state index contributed by atoms with van der Waals surface area (Å²) in [6.07, 6.45) is 0.506. The number of benzene rings is 1. The molecule has 0 radical (unpaired) electrons. The van der Waals surface area contributed by atoms with E-state index in [9.17, 15) is 9.59 Å². The topological polar surface area (TPSA) is 106 Å². The van der Waals surface area contributed by atoms with Crippen LogP contribution in [0.5, 0.6) is 0 Å². The van der Waals surface area contributed by atoms with E-state index in [2.05, 4.69) is 15.1 Å². The lowest BCUT2D eigenvalue weighted by molar-refractivity contribution is 0.0796. The van der Waals surface area contributed by atoms with Gasteiger partial charge >= 0.3 is 5.69 Å². The number of nitrogens with one attached hydrogen (secondary N) is 1. The van der Waals surface area contributed by atoms with E-state index in [1.54, 1.807) is 41.6 Å². The Balaban J connectivity index is 1.72. The molecule has 0 aliphatic heterocycles. The Kier molecular flexibility index (Phi) is 5.70. The van der Waals surface area contributed by atoms with E-state index in [1.165, 1.54) is 0 Å². The van der Waals surface area contributed by atoms with E-state index in [0.717, 1.165) is 5.52 Å². The number of likely N-dealkylation sites (N-methyl/N-ethyl adjacent to an activating group) is 1. The molecular formula is C18H23N5O4. The van der Waals surface area contributed by atoms with Crippen LogP contribution in [0.15, 0.2) is 27.5 Å². The normalized spacial score (nSPS) is 11.2. The Morgan fingerprint density at radius 1 is 1.41 bits per heavy atom. The second-order valence-electron chi connectivity index (χ2n) is 6.22. The number of aromatic nitrogens is 4. The Hall–Kier alpha value is -2.94. The molecule has 0 saturated heterocycles. The smallest absolute Gasteiger partial charge is 0.326 e. The summed E-state index contributed by atoms with van der Waals surface area (Å²) in [7, 11) is 1.72. The minimum Gasteiger partial charge on any atom is -0.380 e. The summed E-state index contributed by atoms with van der Waals surface area (Å²) < 4.78 is 11.9. The average Bonchev–Trinajstić information content (AvgIpc) is 3.21. The maximum atomic E-state index is 12.7. The molecule has 9 heteroatoms. The molecule has 0 unspecified atom stereocenters. The molecular weight excluding hydrogens is 350 g/mol. The number of imidazole rings is 1. The number of nitrogens with zero attached hydrogens (tertiary/aromatic N) is 4. The number of fused-ring (bicyclic) bond motifs is 1. The van der Waals surface area contributed by atoms with Crippen LogP contribution in [-0.4, -0.2) is 57.3 Å². The van der Waals surface area contributed by atoms with Crippen molar-refractivity contribution >= 4 is 16.9 Å². The van der Waals surface area contributed by atoms with Gasteiger partial charge < -0.3 is 19.1 Å². The molecule has 144 valence electrons. The van der Waals surface area contributed by atoms with Gasteiger partial charge in [-0.05, 0) is 25.1 Å². The third-order valence-electron chi connectivity index (χ3n) is 4.27. The lowest BCUT2D eigenvalue weighted by atomic mass is 10.1. The molecule has 2 heterocycles. The van der Waals surface area contributed by atoms with Crippen molar-refractivity contribution in [2.45, 2.75) is 26.8 Å². The fourth-order valence-corrected chi connectivity index (χ4v) is 2.85. The van der Waals surface area contributed by atoms with E-state index >= 15 is 0 Å². The Bertz CT molecular complexity index is 987. The quantitative estimate of drug-likeness (QED) is 0.598. The molecule has 0 saturated carbocycles. The van der Waals surface area contributed by atoms with Crippen LogP contribution >= 0.6 is 0 Å². The zero-order valence-electron chi connectivity index (χ0n) is 15.7. The molecule has 0 spiro atoms. The van der Waals surface area contributed by atoms with Gasteiger partial charge in [-0.3, -0.25) is 9.36 Å². The summed E-state index contributed by atoms with van der Waals surface area (Å²) >= 11 is 0. The summed E-state index contributed by atoms with van der Waals surface area (Å²) in [5.74, 6) is 0.931. The van der Waals surface area contributed by atoms with Crippen LogP contribution in [-0.2, 0) is 17.7 Å². The first-order valence-corrected chi connectivity index (χ1v) is 8.84. The predicted octanol–water partition coefficient (Wildman–Crippen LogP) is 1.37. The van der Waals surface area contributed by atoms with Gasteiger partial charge in [-0.25, -0.2) is 4.79 Å². The zero-order chi connectivity index (χ0) is 19.4. The summed E-state index contributed by atoms with van der Waals surface area (Å²) in [6, 6.07) is 5.21. The van der Waals surface area contributed by atoms with Gasteiger partial charge in [0.2, 0.25) is 5.89 Å². The van der Waals surface area contributed by atoms with E-state index < -0.39 is 0 Å². The molecule has 0 aliphatic rings. The summed E-state index contributed by atoms with van der Waals surface area (Å²) in [5.41, 5.74) is 1.67. The van der Waals surface area contributed by atoms with Crippen LogP contribution in [0.25, 0.3) is 11.0 Å². The molecule has 27 heavy (non-hydrogen) atoms. The molecule has 0 atom stereocenters. The van der Waals surface area contributed by atoms with Crippen molar-refractivity contribution in [1.82, 2.24) is 24.6 Å². The van der Waals surface area contributed by atoms with Crippen molar-refractivity contribution in [2.75, 3.05) is 26.8 Å². The van der Waals surface area contributed by atoms with Gasteiger partial charge in [-0.1, -0.05) is 5.16 Å². The highest BCUT2D eigenvalue weighted by Crippen LogP contribution is 2.14. The summed E-state index contributed by atoms with van der Waals surface area (Å²) in [5, 5.41) is 3.83. The molecule has 1 amide bonds. The van der Waals surface area contributed by atoms with Gasteiger partial charge in [0.15, 0.2) is 5.82 Å². The van der Waals surface area contributed by atoms with Crippen molar-refractivity contribution in [2.24, 2.45) is 0 Å². The first-order valence-electron chi connectivity index (χ1n) is 8.84. The summed E-state index contributed by atoms with van der Waals surface area (Å²) in [6.45, 7) is 5.62. The van der Waals surface area contributed by atoms with Crippen molar-refractivity contribution in [3.63, 3.8) is 0 Å². The van der Waals surface area contributed by atoms with E-state index in [1.807, 2.05) is 6.92 Å². The van der Waals surface area contributed by atoms with Gasteiger partial charge in [0.25, 0.3) is 5.91 Å². The Morgan fingerprint density at radius 2 is 2.22 bits per heavy atom. The number of aromatic amines is 1. The lowest BCUT2D eigenvalue weighted by Crippen LogP contribution is -2.29. The Labute approximate surface area is 155 Å². The largest absolute Gasteiger partial charge is 0.380 e. The second kappa shape index (κ2) is 8.17. The fraction of sp³-hybridized carbons (Fsp3) is 0.444. The Morgan fingerprint density at radius 3 is 2.93 bits per heavy atom. The maximum Gasteiger partial charge on any atom is 0.326 e. The highest BCUT2D eigenvalue weighted by Gasteiger charge is 2.15. The number of hydrogen-bond acceptors (Lipinski definition) is 6. The number of carbonyl (C=O) groups excluding carboxylic acids is 1. The van der Waals surface area contributed by atoms with Gasteiger partial charge in [0.05, 0.1) is 24.2 Å². The second-order valence-corrected chi connectivity index (χ2v) is 6.22. The van der Waals surface area contributed by atoms with Crippen LogP contribution < -0.4 is 5.69 Å². The standard InChI is InChI=1S/C18H23N5O4/c1-4-26-10-9-23-15-6-5-13(11-14(15)20-18(23)25)17(24)22(3)8-7-16-19-12(2)27-21-16/h5-6,11H,4,7-10H2,1-3H3,(H,20,25). The first-order chi connectivity index (χ1) is 13.0. The minimum atomic E-state index is -0.213. The van der Waals surface area contributed by atoms with Crippen molar-refractivity contribution in [3.8, 4) is 0 Å². The number of aryl methyl sites for hydroxylation is 1. The van der Waals surface area contributed by atoms with Gasteiger partial charge in [-0.15, -0.1) is 0 Å². The fourth-order valence-electron chi connectivity index (χ4n) is 2.85. The number of ether oxygens (including phenoxy) is 1. The van der Waals surface area contributed by atoms with Crippen molar-refractivity contribution in [1.29, 1.82) is 0 Å². The predicted molar refractivity (Wildman–Crippen MR) is 98.8 cm³/mol. The molecule has 2 aromatic heterocycles. The minimum absolute atomic E-state index is 0.139. The van der Waals surface area contributed by atoms with Crippen LogP contribution in [0.1, 0.15) is 29.0 Å². The summed E-state index contributed by atoms with van der Waals surface area (Å²) in [4.78, 5) is 33.3. The number of carbonyl (C=O) groups is 1. The number of hydrogen-bond donors (Lipinski definition) is 1. The number of rotatable bonds is 8. The molecule has 1 N–H and O–H groups in total. The van der Waals surface area contributed by atoms with Crippen molar-refractivity contribution in [3.05, 3.63) is 46.0 Å². The SMILES string of the molecule is CCOCCn1c(=O)[nH]c2cc(C(=O)N(C)CCc3noc(C)n3)ccc21. The van der Waals surface area contributed by atoms with Crippen LogP contribution in [0.2, 0.25) is 0 Å². The lowest BCUT2D eigenvalue weighted by Gasteiger charge is -2.16. The van der Waals surface area contributed by atoms with E-state index in [-0.39, 0.29) is 11.6 Å².